The van der Waals surface area contributed by atoms with Gasteiger partial charge in [0.2, 0.25) is 0 Å². The van der Waals surface area contributed by atoms with E-state index in [0.717, 1.165) is 12.5 Å². The number of hydrogen-bond acceptors (Lipinski definition) is 2. The zero-order valence-electron chi connectivity index (χ0n) is 10.6. The predicted molar refractivity (Wildman–Crippen MR) is 64.8 cm³/mol. The molecule has 2 N–H and O–H groups in total. The minimum Gasteiger partial charge on any atom is -0.329 e. The van der Waals surface area contributed by atoms with E-state index in [9.17, 15) is 0 Å². The molecule has 0 bridgehead atoms. The molecular formula is C13H26N2. The van der Waals surface area contributed by atoms with E-state index in [-0.39, 0.29) is 5.54 Å². The molecule has 15 heavy (non-hydrogen) atoms. The van der Waals surface area contributed by atoms with Crippen LogP contribution in [-0.2, 0) is 0 Å². The molecule has 0 aromatic rings. The lowest BCUT2D eigenvalue weighted by Crippen LogP contribution is -2.59. The van der Waals surface area contributed by atoms with Gasteiger partial charge in [0, 0.05) is 18.6 Å². The second kappa shape index (κ2) is 3.74. The number of rotatable bonds is 3. The molecule has 1 aliphatic heterocycles. The molecule has 1 saturated heterocycles. The molecule has 2 fully saturated rings. The Kier molecular flexibility index (Phi) is 2.85. The van der Waals surface area contributed by atoms with Crippen LogP contribution in [0.25, 0.3) is 0 Å². The summed E-state index contributed by atoms with van der Waals surface area (Å²) in [5.74, 6) is 0.854. The number of hydrogen-bond donors (Lipinski definition) is 1. The highest BCUT2D eigenvalue weighted by molar-refractivity contribution is 5.10. The zero-order valence-corrected chi connectivity index (χ0v) is 10.6. The number of nitrogens with zero attached hydrogens (tertiary/aromatic N) is 1. The summed E-state index contributed by atoms with van der Waals surface area (Å²) in [5.41, 5.74) is 6.82. The van der Waals surface area contributed by atoms with Crippen molar-refractivity contribution in [2.24, 2.45) is 17.1 Å². The maximum atomic E-state index is 6.07. The smallest absolute Gasteiger partial charge is 0.0357 e. The highest BCUT2D eigenvalue weighted by Crippen LogP contribution is 2.56. The van der Waals surface area contributed by atoms with Gasteiger partial charge < -0.3 is 5.73 Å². The van der Waals surface area contributed by atoms with E-state index in [1.54, 1.807) is 0 Å². The number of piperidine rings is 1. The topological polar surface area (TPSA) is 29.3 Å². The standard InChI is InChI=1S/C13H26N2/c1-11-5-4-8-15(9-11)13(3,10-14)12(2)6-7-12/h11H,4-10,14H2,1-3H3. The number of nitrogens with two attached hydrogens (primary N) is 1. The molecule has 0 aromatic carbocycles. The molecule has 1 saturated carbocycles. The normalized spacial score (nSPS) is 34.8. The first-order valence-electron chi connectivity index (χ1n) is 6.47. The maximum Gasteiger partial charge on any atom is 0.0357 e. The van der Waals surface area contributed by atoms with Crippen molar-refractivity contribution < 1.29 is 0 Å². The third-order valence-corrected chi connectivity index (χ3v) is 5.05. The molecule has 0 aromatic heterocycles. The summed E-state index contributed by atoms with van der Waals surface area (Å²) in [6, 6.07) is 0. The largest absolute Gasteiger partial charge is 0.329 e. The summed E-state index contributed by atoms with van der Waals surface area (Å²) in [6.45, 7) is 10.5. The van der Waals surface area contributed by atoms with Gasteiger partial charge in [-0.1, -0.05) is 13.8 Å². The first-order chi connectivity index (χ1) is 7.02. The van der Waals surface area contributed by atoms with Crippen molar-refractivity contribution in [3.63, 3.8) is 0 Å². The molecule has 2 aliphatic rings. The van der Waals surface area contributed by atoms with E-state index in [1.165, 1.54) is 38.8 Å². The van der Waals surface area contributed by atoms with Gasteiger partial charge >= 0.3 is 0 Å². The fourth-order valence-corrected chi connectivity index (χ4v) is 3.12. The van der Waals surface area contributed by atoms with E-state index < -0.39 is 0 Å². The van der Waals surface area contributed by atoms with Crippen molar-refractivity contribution >= 4 is 0 Å². The Bertz CT molecular complexity index is 235. The van der Waals surface area contributed by atoms with Gasteiger partial charge in [0.25, 0.3) is 0 Å². The molecule has 2 nitrogen and oxygen atoms in total. The van der Waals surface area contributed by atoms with Gasteiger partial charge in [0.1, 0.15) is 0 Å². The summed E-state index contributed by atoms with van der Waals surface area (Å²) in [7, 11) is 0. The van der Waals surface area contributed by atoms with Gasteiger partial charge in [-0.3, -0.25) is 4.90 Å². The summed E-state index contributed by atoms with van der Waals surface area (Å²) in [6.07, 6.45) is 5.48. The van der Waals surface area contributed by atoms with Crippen LogP contribution in [0.2, 0.25) is 0 Å². The molecule has 0 spiro atoms. The molecule has 2 rings (SSSR count). The third kappa shape index (κ3) is 1.83. The Hall–Kier alpha value is -0.0800. The molecule has 88 valence electrons. The highest BCUT2D eigenvalue weighted by Gasteiger charge is 2.55. The lowest BCUT2D eigenvalue weighted by molar-refractivity contribution is 0.0152. The van der Waals surface area contributed by atoms with Crippen molar-refractivity contribution in [1.29, 1.82) is 0 Å². The van der Waals surface area contributed by atoms with Crippen molar-refractivity contribution in [3.8, 4) is 0 Å². The molecule has 1 aliphatic carbocycles. The maximum absolute atomic E-state index is 6.07. The average Bonchev–Trinajstić information content (AvgIpc) is 2.97. The Labute approximate surface area is 94.2 Å². The summed E-state index contributed by atoms with van der Waals surface area (Å²) in [4.78, 5) is 2.67. The molecule has 2 unspecified atom stereocenters. The first-order valence-corrected chi connectivity index (χ1v) is 6.47. The zero-order chi connectivity index (χ0) is 11.1. The lowest BCUT2D eigenvalue weighted by atomic mass is 9.80. The Morgan fingerprint density at radius 1 is 1.47 bits per heavy atom. The van der Waals surface area contributed by atoms with Crippen LogP contribution in [0.3, 0.4) is 0 Å². The van der Waals surface area contributed by atoms with Crippen LogP contribution in [0.1, 0.15) is 46.5 Å². The molecular weight excluding hydrogens is 184 g/mol. The van der Waals surface area contributed by atoms with E-state index in [0.29, 0.717) is 5.41 Å². The summed E-state index contributed by atoms with van der Waals surface area (Å²) < 4.78 is 0. The van der Waals surface area contributed by atoms with E-state index >= 15 is 0 Å². The minimum absolute atomic E-state index is 0.252. The molecule has 0 amide bonds. The first kappa shape index (κ1) is 11.4. The van der Waals surface area contributed by atoms with Crippen molar-refractivity contribution in [2.75, 3.05) is 19.6 Å². The fraction of sp³-hybridized carbons (Fsp3) is 1.00. The predicted octanol–water partition coefficient (Wildman–Crippen LogP) is 2.24. The molecule has 1 heterocycles. The lowest BCUT2D eigenvalue weighted by Gasteiger charge is -2.48. The fourth-order valence-electron chi connectivity index (χ4n) is 3.12. The highest BCUT2D eigenvalue weighted by atomic mass is 15.2. The van der Waals surface area contributed by atoms with E-state index in [2.05, 4.69) is 25.7 Å². The van der Waals surface area contributed by atoms with Gasteiger partial charge in [0.05, 0.1) is 0 Å². The summed E-state index contributed by atoms with van der Waals surface area (Å²) in [5, 5.41) is 0. The van der Waals surface area contributed by atoms with Crippen molar-refractivity contribution in [3.05, 3.63) is 0 Å². The van der Waals surface area contributed by atoms with E-state index in [1.807, 2.05) is 0 Å². The van der Waals surface area contributed by atoms with Crippen LogP contribution in [0.5, 0.6) is 0 Å². The van der Waals surface area contributed by atoms with Crippen molar-refractivity contribution in [2.45, 2.75) is 52.0 Å². The Morgan fingerprint density at radius 3 is 2.60 bits per heavy atom. The van der Waals surface area contributed by atoms with Crippen LogP contribution in [-0.4, -0.2) is 30.1 Å². The van der Waals surface area contributed by atoms with E-state index in [4.69, 9.17) is 5.73 Å². The quantitative estimate of drug-likeness (QED) is 0.774. The Morgan fingerprint density at radius 2 is 2.13 bits per heavy atom. The summed E-state index contributed by atoms with van der Waals surface area (Å²) >= 11 is 0. The molecule has 0 radical (unpaired) electrons. The second-order valence-corrected chi connectivity index (χ2v) is 6.23. The van der Waals surface area contributed by atoms with Crippen LogP contribution >= 0.6 is 0 Å². The van der Waals surface area contributed by atoms with Crippen LogP contribution < -0.4 is 5.73 Å². The third-order valence-electron chi connectivity index (χ3n) is 5.05. The number of likely N-dealkylation sites (tertiary alicyclic amines) is 1. The van der Waals surface area contributed by atoms with Gasteiger partial charge in [-0.15, -0.1) is 0 Å². The van der Waals surface area contributed by atoms with Crippen LogP contribution in [0.4, 0.5) is 0 Å². The van der Waals surface area contributed by atoms with Crippen molar-refractivity contribution in [1.82, 2.24) is 4.90 Å². The minimum atomic E-state index is 0.252. The van der Waals surface area contributed by atoms with Gasteiger partial charge in [0.15, 0.2) is 0 Å². The average molecular weight is 210 g/mol. The van der Waals surface area contributed by atoms with Gasteiger partial charge in [-0.2, -0.15) is 0 Å². The second-order valence-electron chi connectivity index (χ2n) is 6.23. The van der Waals surface area contributed by atoms with Gasteiger partial charge in [-0.05, 0) is 50.5 Å². The monoisotopic (exact) mass is 210 g/mol. The Balaban J connectivity index is 2.11. The molecule has 2 heteroatoms. The van der Waals surface area contributed by atoms with Crippen LogP contribution in [0.15, 0.2) is 0 Å². The SMILES string of the molecule is CC1CCCN(C(C)(CN)C2(C)CC2)C1. The molecule has 2 atom stereocenters. The van der Waals surface area contributed by atoms with Gasteiger partial charge in [-0.25, -0.2) is 0 Å². The van der Waals surface area contributed by atoms with Crippen LogP contribution in [0, 0.1) is 11.3 Å².